The number of rotatable bonds is 4. The van der Waals surface area contributed by atoms with Crippen LogP contribution in [0.25, 0.3) is 0 Å². The van der Waals surface area contributed by atoms with Crippen LogP contribution < -0.4 is 10.5 Å². The van der Waals surface area contributed by atoms with E-state index in [1.54, 1.807) is 6.07 Å². The molecule has 0 aromatic heterocycles. The lowest BCUT2D eigenvalue weighted by molar-refractivity contribution is 0.464. The summed E-state index contributed by atoms with van der Waals surface area (Å²) in [5.74, 6) is 0.957. The van der Waals surface area contributed by atoms with Crippen LogP contribution in [0.1, 0.15) is 24.9 Å². The van der Waals surface area contributed by atoms with Gasteiger partial charge in [0, 0.05) is 11.6 Å². The maximum absolute atomic E-state index is 13.0. The van der Waals surface area contributed by atoms with Crippen LogP contribution in [0.4, 0.5) is 4.39 Å². The van der Waals surface area contributed by atoms with E-state index in [0.29, 0.717) is 16.0 Å². The first-order chi connectivity index (χ1) is 9.11. The van der Waals surface area contributed by atoms with Gasteiger partial charge in [-0.25, -0.2) is 4.39 Å². The summed E-state index contributed by atoms with van der Waals surface area (Å²) in [5.41, 5.74) is 7.00. The molecule has 2 nitrogen and oxygen atoms in total. The van der Waals surface area contributed by atoms with Crippen molar-refractivity contribution in [3.05, 3.63) is 58.3 Å². The predicted molar refractivity (Wildman–Crippen MR) is 77.8 cm³/mol. The Morgan fingerprint density at radius 1 is 1.21 bits per heavy atom. The standard InChI is InChI=1S/C15H15BrFNO/c1-2-13(18)11-5-3-4-6-14(11)19-15-8-7-10(17)9-12(15)16/h3-9,13H,2,18H2,1H3/t13-/m0/s1. The summed E-state index contributed by atoms with van der Waals surface area (Å²) in [6, 6.07) is 11.9. The minimum Gasteiger partial charge on any atom is -0.456 e. The first-order valence-corrected chi connectivity index (χ1v) is 6.88. The number of para-hydroxylation sites is 1. The number of benzene rings is 2. The summed E-state index contributed by atoms with van der Waals surface area (Å²) in [6.07, 6.45) is 0.824. The van der Waals surface area contributed by atoms with Crippen molar-refractivity contribution in [1.29, 1.82) is 0 Å². The Bertz CT molecular complexity index is 574. The monoisotopic (exact) mass is 323 g/mol. The van der Waals surface area contributed by atoms with Crippen LogP contribution in [0.15, 0.2) is 46.9 Å². The van der Waals surface area contributed by atoms with Gasteiger partial charge < -0.3 is 10.5 Å². The topological polar surface area (TPSA) is 35.2 Å². The zero-order valence-corrected chi connectivity index (χ0v) is 12.2. The van der Waals surface area contributed by atoms with Gasteiger partial charge >= 0.3 is 0 Å². The van der Waals surface area contributed by atoms with E-state index >= 15 is 0 Å². The fourth-order valence-corrected chi connectivity index (χ4v) is 2.21. The highest BCUT2D eigenvalue weighted by Crippen LogP contribution is 2.34. The van der Waals surface area contributed by atoms with Gasteiger partial charge in [-0.3, -0.25) is 0 Å². The fraction of sp³-hybridized carbons (Fsp3) is 0.200. The molecule has 0 saturated carbocycles. The van der Waals surface area contributed by atoms with E-state index in [2.05, 4.69) is 15.9 Å². The van der Waals surface area contributed by atoms with Gasteiger partial charge in [0.1, 0.15) is 17.3 Å². The minimum atomic E-state index is -0.308. The largest absolute Gasteiger partial charge is 0.456 e. The van der Waals surface area contributed by atoms with E-state index in [1.807, 2.05) is 31.2 Å². The zero-order chi connectivity index (χ0) is 13.8. The Balaban J connectivity index is 2.33. The van der Waals surface area contributed by atoms with Crippen molar-refractivity contribution in [2.45, 2.75) is 19.4 Å². The summed E-state index contributed by atoms with van der Waals surface area (Å²) < 4.78 is 19.4. The lowest BCUT2D eigenvalue weighted by Gasteiger charge is -2.16. The van der Waals surface area contributed by atoms with E-state index < -0.39 is 0 Å². The van der Waals surface area contributed by atoms with Gasteiger partial charge in [-0.15, -0.1) is 0 Å². The maximum Gasteiger partial charge on any atom is 0.141 e. The van der Waals surface area contributed by atoms with Crippen LogP contribution in [0.5, 0.6) is 11.5 Å². The molecule has 2 aromatic rings. The van der Waals surface area contributed by atoms with Gasteiger partial charge in [0.25, 0.3) is 0 Å². The van der Waals surface area contributed by atoms with E-state index in [0.717, 1.165) is 12.0 Å². The molecule has 2 aromatic carbocycles. The molecule has 0 aliphatic heterocycles. The number of nitrogens with two attached hydrogens (primary N) is 1. The smallest absolute Gasteiger partial charge is 0.141 e. The number of halogens is 2. The Labute approximate surface area is 120 Å². The Morgan fingerprint density at radius 3 is 2.63 bits per heavy atom. The molecule has 4 heteroatoms. The Hall–Kier alpha value is -1.39. The number of ether oxygens (including phenoxy) is 1. The molecule has 0 unspecified atom stereocenters. The van der Waals surface area contributed by atoms with Crippen LogP contribution in [0, 0.1) is 5.82 Å². The molecule has 1 atom stereocenters. The van der Waals surface area contributed by atoms with Gasteiger partial charge in [-0.05, 0) is 46.6 Å². The van der Waals surface area contributed by atoms with Crippen LogP contribution in [-0.4, -0.2) is 0 Å². The SMILES string of the molecule is CC[C@H](N)c1ccccc1Oc1ccc(F)cc1Br. The quantitative estimate of drug-likeness (QED) is 0.877. The molecule has 0 radical (unpaired) electrons. The molecule has 0 aliphatic rings. The molecule has 19 heavy (non-hydrogen) atoms. The predicted octanol–water partition coefficient (Wildman–Crippen LogP) is 4.79. The van der Waals surface area contributed by atoms with Gasteiger partial charge in [-0.2, -0.15) is 0 Å². The molecule has 0 heterocycles. The molecular weight excluding hydrogens is 309 g/mol. The summed E-state index contributed by atoms with van der Waals surface area (Å²) in [6.45, 7) is 2.02. The van der Waals surface area contributed by atoms with Crippen molar-refractivity contribution in [1.82, 2.24) is 0 Å². The zero-order valence-electron chi connectivity index (χ0n) is 10.6. The highest BCUT2D eigenvalue weighted by molar-refractivity contribution is 9.10. The Kier molecular flexibility index (Phi) is 4.56. The molecule has 0 fully saturated rings. The van der Waals surface area contributed by atoms with Crippen molar-refractivity contribution in [3.8, 4) is 11.5 Å². The van der Waals surface area contributed by atoms with Crippen LogP contribution in [-0.2, 0) is 0 Å². The van der Waals surface area contributed by atoms with Gasteiger partial charge in [-0.1, -0.05) is 25.1 Å². The average Bonchev–Trinajstić information content (AvgIpc) is 2.41. The van der Waals surface area contributed by atoms with Crippen molar-refractivity contribution < 1.29 is 9.13 Å². The average molecular weight is 324 g/mol. The first kappa shape index (κ1) is 14.0. The van der Waals surface area contributed by atoms with Crippen LogP contribution in [0.3, 0.4) is 0 Å². The minimum absolute atomic E-state index is 0.0737. The van der Waals surface area contributed by atoms with Crippen molar-refractivity contribution in [2.75, 3.05) is 0 Å². The molecule has 0 bridgehead atoms. The normalized spacial score (nSPS) is 12.2. The van der Waals surface area contributed by atoms with Gasteiger partial charge in [0.2, 0.25) is 0 Å². The molecule has 100 valence electrons. The van der Waals surface area contributed by atoms with E-state index in [9.17, 15) is 4.39 Å². The highest BCUT2D eigenvalue weighted by Gasteiger charge is 2.12. The second-order valence-electron chi connectivity index (χ2n) is 4.23. The Morgan fingerprint density at radius 2 is 1.95 bits per heavy atom. The molecule has 2 N–H and O–H groups in total. The summed E-state index contributed by atoms with van der Waals surface area (Å²) in [7, 11) is 0. The number of hydrogen-bond acceptors (Lipinski definition) is 2. The fourth-order valence-electron chi connectivity index (χ4n) is 1.78. The molecule has 0 amide bonds. The van der Waals surface area contributed by atoms with Crippen molar-refractivity contribution in [2.24, 2.45) is 5.73 Å². The number of hydrogen-bond donors (Lipinski definition) is 1. The maximum atomic E-state index is 13.0. The first-order valence-electron chi connectivity index (χ1n) is 6.09. The third-order valence-corrected chi connectivity index (χ3v) is 3.49. The van der Waals surface area contributed by atoms with E-state index in [4.69, 9.17) is 10.5 Å². The molecule has 0 spiro atoms. The lowest BCUT2D eigenvalue weighted by atomic mass is 10.0. The second kappa shape index (κ2) is 6.17. The third kappa shape index (κ3) is 3.33. The molecular formula is C15H15BrFNO. The molecule has 0 aliphatic carbocycles. The van der Waals surface area contributed by atoms with Crippen molar-refractivity contribution in [3.63, 3.8) is 0 Å². The summed E-state index contributed by atoms with van der Waals surface area (Å²) in [5, 5.41) is 0. The van der Waals surface area contributed by atoms with Crippen molar-refractivity contribution >= 4 is 15.9 Å². The third-order valence-electron chi connectivity index (χ3n) is 2.87. The van der Waals surface area contributed by atoms with Crippen LogP contribution >= 0.6 is 15.9 Å². The lowest BCUT2D eigenvalue weighted by Crippen LogP contribution is -2.09. The molecule has 2 rings (SSSR count). The highest BCUT2D eigenvalue weighted by atomic mass is 79.9. The summed E-state index contributed by atoms with van der Waals surface area (Å²) in [4.78, 5) is 0. The van der Waals surface area contributed by atoms with E-state index in [1.165, 1.54) is 12.1 Å². The molecule has 0 saturated heterocycles. The van der Waals surface area contributed by atoms with E-state index in [-0.39, 0.29) is 11.9 Å². The van der Waals surface area contributed by atoms with Gasteiger partial charge in [0.05, 0.1) is 4.47 Å². The second-order valence-corrected chi connectivity index (χ2v) is 5.08. The van der Waals surface area contributed by atoms with Gasteiger partial charge in [0.15, 0.2) is 0 Å². The van der Waals surface area contributed by atoms with Crippen LogP contribution in [0.2, 0.25) is 0 Å². The summed E-state index contributed by atoms with van der Waals surface area (Å²) >= 11 is 3.29.